The average molecular weight is 533 g/mol. The van der Waals surface area contributed by atoms with Crippen molar-refractivity contribution in [1.82, 2.24) is 19.4 Å². The molecule has 2 aliphatic rings. The van der Waals surface area contributed by atoms with Crippen LogP contribution in [0.5, 0.6) is 5.75 Å². The smallest absolute Gasteiger partial charge is 0.225 e. The van der Waals surface area contributed by atoms with Gasteiger partial charge in [0.25, 0.3) is 0 Å². The maximum atomic E-state index is 13.3. The van der Waals surface area contributed by atoms with Crippen LogP contribution < -0.4 is 4.74 Å². The molecule has 1 aromatic carbocycles. The minimum atomic E-state index is -0.949. The topological polar surface area (TPSA) is 86.1 Å². The molecule has 0 spiro atoms. The van der Waals surface area contributed by atoms with Crippen LogP contribution in [0.3, 0.4) is 0 Å². The maximum absolute atomic E-state index is 13.3. The summed E-state index contributed by atoms with van der Waals surface area (Å²) < 4.78 is 19.8. The van der Waals surface area contributed by atoms with Gasteiger partial charge in [0.05, 0.1) is 32.8 Å². The molecule has 4 rings (SSSR count). The number of benzene rings is 1. The molecule has 2 aromatic rings. The van der Waals surface area contributed by atoms with Gasteiger partial charge in [0.2, 0.25) is 11.8 Å². The summed E-state index contributed by atoms with van der Waals surface area (Å²) in [4.78, 5) is 34.5. The van der Waals surface area contributed by atoms with Crippen LogP contribution in [-0.4, -0.2) is 89.4 Å². The Bertz CT molecular complexity index is 1080. The number of aromatic nitrogens is 2. The Morgan fingerprint density at radius 1 is 1.14 bits per heavy atom. The van der Waals surface area contributed by atoms with Crippen molar-refractivity contribution in [3.63, 3.8) is 0 Å². The fourth-order valence-corrected chi connectivity index (χ4v) is 4.93. The molecule has 202 valence electrons. The van der Waals surface area contributed by atoms with E-state index in [-0.39, 0.29) is 37.3 Å². The van der Waals surface area contributed by atoms with Crippen LogP contribution in [0.1, 0.15) is 44.0 Å². The van der Waals surface area contributed by atoms with Gasteiger partial charge < -0.3 is 28.6 Å². The van der Waals surface area contributed by atoms with Crippen molar-refractivity contribution in [2.75, 3.05) is 52.6 Å². The van der Waals surface area contributed by atoms with E-state index in [1.54, 1.807) is 28.1 Å². The SMILES string of the molecule is Cc1cc(OC[C@@]2(CC(=O)N3CCOCC3)CN(C(=O)CCn3ccnc3C(C)C)CCO2)ccc1Cl. The van der Waals surface area contributed by atoms with Gasteiger partial charge in [-0.25, -0.2) is 4.98 Å². The van der Waals surface area contributed by atoms with Gasteiger partial charge in [-0.1, -0.05) is 25.4 Å². The fraction of sp³-hybridized carbons (Fsp3) is 0.593. The van der Waals surface area contributed by atoms with Gasteiger partial charge in [0.15, 0.2) is 0 Å². The normalized spacial score (nSPS) is 20.4. The molecule has 2 saturated heterocycles. The number of aryl methyl sites for hydroxylation is 2. The van der Waals surface area contributed by atoms with Crippen molar-refractivity contribution in [2.24, 2.45) is 0 Å². The highest BCUT2D eigenvalue weighted by Gasteiger charge is 2.42. The van der Waals surface area contributed by atoms with Gasteiger partial charge in [-0.3, -0.25) is 9.59 Å². The van der Waals surface area contributed by atoms with E-state index in [9.17, 15) is 9.59 Å². The van der Waals surface area contributed by atoms with E-state index >= 15 is 0 Å². The van der Waals surface area contributed by atoms with Crippen LogP contribution in [0.2, 0.25) is 5.02 Å². The van der Waals surface area contributed by atoms with Crippen LogP contribution in [-0.2, 0) is 25.6 Å². The number of hydrogen-bond donors (Lipinski definition) is 0. The Kier molecular flexibility index (Phi) is 9.10. The molecule has 0 unspecified atom stereocenters. The summed E-state index contributed by atoms with van der Waals surface area (Å²) in [6, 6.07) is 5.45. The van der Waals surface area contributed by atoms with Crippen LogP contribution >= 0.6 is 11.6 Å². The molecule has 10 heteroatoms. The molecule has 2 aliphatic heterocycles. The maximum Gasteiger partial charge on any atom is 0.225 e. The summed E-state index contributed by atoms with van der Waals surface area (Å²) in [5.74, 6) is 1.90. The summed E-state index contributed by atoms with van der Waals surface area (Å²) in [7, 11) is 0. The molecular weight excluding hydrogens is 496 g/mol. The van der Waals surface area contributed by atoms with Gasteiger partial charge in [-0.15, -0.1) is 0 Å². The Labute approximate surface area is 223 Å². The van der Waals surface area contributed by atoms with E-state index in [1.807, 2.05) is 23.8 Å². The third-order valence-corrected chi connectivity index (χ3v) is 7.32. The molecule has 2 fully saturated rings. The largest absolute Gasteiger partial charge is 0.490 e. The van der Waals surface area contributed by atoms with Crippen LogP contribution in [0, 0.1) is 6.92 Å². The molecule has 0 N–H and O–H groups in total. The molecule has 1 atom stereocenters. The Morgan fingerprint density at radius 3 is 2.62 bits per heavy atom. The molecule has 1 aromatic heterocycles. The minimum absolute atomic E-state index is 0.0199. The van der Waals surface area contributed by atoms with Crippen molar-refractivity contribution in [3.8, 4) is 5.75 Å². The van der Waals surface area contributed by atoms with Gasteiger partial charge >= 0.3 is 0 Å². The zero-order valence-electron chi connectivity index (χ0n) is 22.0. The number of nitrogens with zero attached hydrogens (tertiary/aromatic N) is 4. The summed E-state index contributed by atoms with van der Waals surface area (Å²) in [6.45, 7) is 10.1. The first-order valence-electron chi connectivity index (χ1n) is 12.9. The highest BCUT2D eigenvalue weighted by atomic mass is 35.5. The van der Waals surface area contributed by atoms with Gasteiger partial charge in [-0.05, 0) is 30.7 Å². The van der Waals surface area contributed by atoms with Crippen molar-refractivity contribution in [3.05, 3.63) is 47.0 Å². The number of halogens is 1. The van der Waals surface area contributed by atoms with E-state index < -0.39 is 5.60 Å². The first-order chi connectivity index (χ1) is 17.8. The van der Waals surface area contributed by atoms with Crippen LogP contribution in [0.25, 0.3) is 0 Å². The number of carbonyl (C=O) groups excluding carboxylic acids is 2. The van der Waals surface area contributed by atoms with E-state index in [0.29, 0.717) is 63.2 Å². The van der Waals surface area contributed by atoms with E-state index in [2.05, 4.69) is 18.8 Å². The third-order valence-electron chi connectivity index (χ3n) is 6.90. The highest BCUT2D eigenvalue weighted by Crippen LogP contribution is 2.28. The lowest BCUT2D eigenvalue weighted by Gasteiger charge is -2.43. The number of hydrogen-bond acceptors (Lipinski definition) is 6. The Hall–Kier alpha value is -2.62. The monoisotopic (exact) mass is 532 g/mol. The zero-order chi connectivity index (χ0) is 26.4. The van der Waals surface area contributed by atoms with Gasteiger partial charge in [0.1, 0.15) is 23.8 Å². The number of carbonyl (C=O) groups is 2. The van der Waals surface area contributed by atoms with Crippen molar-refractivity contribution >= 4 is 23.4 Å². The lowest BCUT2D eigenvalue weighted by atomic mass is 9.96. The van der Waals surface area contributed by atoms with Crippen molar-refractivity contribution in [1.29, 1.82) is 0 Å². The second-order valence-electron chi connectivity index (χ2n) is 10.1. The van der Waals surface area contributed by atoms with E-state index in [0.717, 1.165) is 11.4 Å². The lowest BCUT2D eigenvalue weighted by molar-refractivity contribution is -0.167. The first-order valence-corrected chi connectivity index (χ1v) is 13.3. The molecule has 0 saturated carbocycles. The fourth-order valence-electron chi connectivity index (χ4n) is 4.81. The molecule has 3 heterocycles. The first kappa shape index (κ1) is 27.4. The third kappa shape index (κ3) is 7.03. The Morgan fingerprint density at radius 2 is 1.89 bits per heavy atom. The predicted molar refractivity (Wildman–Crippen MR) is 140 cm³/mol. The van der Waals surface area contributed by atoms with Gasteiger partial charge in [0, 0.05) is 55.9 Å². The summed E-state index contributed by atoms with van der Waals surface area (Å²) in [5.41, 5.74) is -0.0474. The highest BCUT2D eigenvalue weighted by molar-refractivity contribution is 6.31. The van der Waals surface area contributed by atoms with Crippen LogP contribution in [0.15, 0.2) is 30.6 Å². The molecule has 0 bridgehead atoms. The minimum Gasteiger partial charge on any atom is -0.490 e. The molecular formula is C27H37ClN4O5. The van der Waals surface area contributed by atoms with Crippen LogP contribution in [0.4, 0.5) is 0 Å². The summed E-state index contributed by atoms with van der Waals surface area (Å²) >= 11 is 6.17. The Balaban J connectivity index is 1.46. The number of ether oxygens (including phenoxy) is 3. The summed E-state index contributed by atoms with van der Waals surface area (Å²) in [6.07, 6.45) is 4.16. The predicted octanol–water partition coefficient (Wildman–Crippen LogP) is 3.28. The standard InChI is InChI=1S/C27H37ClN4O5/c1-20(2)26-29-7-9-31(26)8-6-24(33)32-12-15-37-27(18-32,17-25(34)30-10-13-35-14-11-30)19-36-22-4-5-23(28)21(3)16-22/h4-5,7,9,16,20H,6,8,10-15,17-19H2,1-3H3/t27-/m1/s1. The number of morpholine rings is 2. The molecule has 2 amide bonds. The number of imidazole rings is 1. The quantitative estimate of drug-likeness (QED) is 0.492. The lowest BCUT2D eigenvalue weighted by Crippen LogP contribution is -2.58. The summed E-state index contributed by atoms with van der Waals surface area (Å²) in [5, 5.41) is 0.661. The van der Waals surface area contributed by atoms with E-state index in [1.165, 1.54) is 0 Å². The van der Waals surface area contributed by atoms with Crippen molar-refractivity contribution < 1.29 is 23.8 Å². The second-order valence-corrected chi connectivity index (χ2v) is 10.5. The molecule has 37 heavy (non-hydrogen) atoms. The van der Waals surface area contributed by atoms with Crippen molar-refractivity contribution in [2.45, 2.75) is 51.7 Å². The zero-order valence-corrected chi connectivity index (χ0v) is 22.7. The van der Waals surface area contributed by atoms with Gasteiger partial charge in [-0.2, -0.15) is 0 Å². The molecule has 9 nitrogen and oxygen atoms in total. The average Bonchev–Trinajstić information content (AvgIpc) is 3.38. The number of rotatable bonds is 9. The second kappa shape index (κ2) is 12.3. The number of amides is 2. The van der Waals surface area contributed by atoms with E-state index in [4.69, 9.17) is 25.8 Å². The molecule has 0 aliphatic carbocycles. The molecule has 0 radical (unpaired) electrons.